The summed E-state index contributed by atoms with van der Waals surface area (Å²) in [5.41, 5.74) is 2.16. The number of halogens is 2. The molecule has 5 heteroatoms. The zero-order valence-electron chi connectivity index (χ0n) is 9.74. The summed E-state index contributed by atoms with van der Waals surface area (Å²) in [6, 6.07) is 6.78. The van der Waals surface area contributed by atoms with Gasteiger partial charge in [-0.2, -0.15) is 0 Å². The molecule has 0 atom stereocenters. The maximum atomic E-state index is 4.43. The standard InChI is InChI=1S/C13H13Br2N3/c14-11-2-1-3-12(15)13(11)18-7-10(17-8-18)6-16-9-4-5-9/h1-3,7-9,16H,4-6H2. The molecular formula is C13H13Br2N3. The summed E-state index contributed by atoms with van der Waals surface area (Å²) < 4.78 is 4.14. The van der Waals surface area contributed by atoms with Gasteiger partial charge < -0.3 is 9.88 Å². The zero-order chi connectivity index (χ0) is 12.5. The van der Waals surface area contributed by atoms with Gasteiger partial charge in [-0.05, 0) is 56.8 Å². The highest BCUT2D eigenvalue weighted by atomic mass is 79.9. The number of hydrogen-bond donors (Lipinski definition) is 1. The molecule has 3 nitrogen and oxygen atoms in total. The highest BCUT2D eigenvalue weighted by Crippen LogP contribution is 2.29. The zero-order valence-corrected chi connectivity index (χ0v) is 12.9. The highest BCUT2D eigenvalue weighted by Gasteiger charge is 2.20. The number of aromatic nitrogens is 2. The van der Waals surface area contributed by atoms with Crippen molar-refractivity contribution in [1.82, 2.24) is 14.9 Å². The number of para-hydroxylation sites is 1. The van der Waals surface area contributed by atoms with Crippen LogP contribution in [0.2, 0.25) is 0 Å². The van der Waals surface area contributed by atoms with E-state index in [2.05, 4.69) is 48.4 Å². The van der Waals surface area contributed by atoms with Gasteiger partial charge in [-0.3, -0.25) is 0 Å². The van der Waals surface area contributed by atoms with Crippen molar-refractivity contribution in [2.45, 2.75) is 25.4 Å². The lowest BCUT2D eigenvalue weighted by atomic mass is 10.3. The van der Waals surface area contributed by atoms with Crippen molar-refractivity contribution in [1.29, 1.82) is 0 Å². The number of rotatable bonds is 4. The van der Waals surface area contributed by atoms with E-state index in [-0.39, 0.29) is 0 Å². The fourth-order valence-electron chi connectivity index (χ4n) is 1.85. The van der Waals surface area contributed by atoms with Crippen molar-refractivity contribution in [2.75, 3.05) is 0 Å². The second-order valence-corrected chi connectivity index (χ2v) is 6.21. The van der Waals surface area contributed by atoms with Crippen LogP contribution in [0.25, 0.3) is 5.69 Å². The van der Waals surface area contributed by atoms with Gasteiger partial charge in [0, 0.05) is 27.7 Å². The third kappa shape index (κ3) is 2.68. The van der Waals surface area contributed by atoms with Gasteiger partial charge >= 0.3 is 0 Å². The minimum atomic E-state index is 0.713. The molecule has 2 aromatic rings. The maximum absolute atomic E-state index is 4.43. The van der Waals surface area contributed by atoms with E-state index >= 15 is 0 Å². The second-order valence-electron chi connectivity index (χ2n) is 4.50. The maximum Gasteiger partial charge on any atom is 0.0996 e. The first kappa shape index (κ1) is 12.4. The summed E-state index contributed by atoms with van der Waals surface area (Å²) in [4.78, 5) is 4.43. The van der Waals surface area contributed by atoms with Crippen LogP contribution in [-0.2, 0) is 6.54 Å². The van der Waals surface area contributed by atoms with Crippen LogP contribution < -0.4 is 5.32 Å². The Balaban J connectivity index is 1.83. The monoisotopic (exact) mass is 369 g/mol. The Morgan fingerprint density at radius 2 is 2.00 bits per heavy atom. The van der Waals surface area contributed by atoms with Crippen molar-refractivity contribution in [3.63, 3.8) is 0 Å². The minimum Gasteiger partial charge on any atom is -0.308 e. The van der Waals surface area contributed by atoms with E-state index in [0.717, 1.165) is 26.9 Å². The summed E-state index contributed by atoms with van der Waals surface area (Å²) in [5, 5.41) is 3.47. The molecule has 0 bridgehead atoms. The van der Waals surface area contributed by atoms with Gasteiger partial charge in [0.25, 0.3) is 0 Å². The predicted octanol–water partition coefficient (Wildman–Crippen LogP) is 3.65. The molecule has 1 aromatic carbocycles. The molecule has 1 fully saturated rings. The van der Waals surface area contributed by atoms with Crippen LogP contribution in [0, 0.1) is 0 Å². The van der Waals surface area contributed by atoms with E-state index in [1.54, 1.807) is 0 Å². The largest absolute Gasteiger partial charge is 0.308 e. The molecule has 0 unspecified atom stereocenters. The Morgan fingerprint density at radius 3 is 2.67 bits per heavy atom. The summed E-state index contributed by atoms with van der Waals surface area (Å²) in [7, 11) is 0. The number of hydrogen-bond acceptors (Lipinski definition) is 2. The van der Waals surface area contributed by atoms with Crippen molar-refractivity contribution >= 4 is 31.9 Å². The van der Waals surface area contributed by atoms with Crippen molar-refractivity contribution in [2.24, 2.45) is 0 Å². The molecule has 0 saturated heterocycles. The number of imidazole rings is 1. The molecule has 1 aromatic heterocycles. The summed E-state index contributed by atoms with van der Waals surface area (Å²) in [6.45, 7) is 0.847. The van der Waals surface area contributed by atoms with Gasteiger partial charge in [0.1, 0.15) is 0 Å². The van der Waals surface area contributed by atoms with Crippen LogP contribution in [0.4, 0.5) is 0 Å². The first-order valence-corrected chi connectivity index (χ1v) is 7.53. The topological polar surface area (TPSA) is 29.9 Å². The third-order valence-corrected chi connectivity index (χ3v) is 4.26. The van der Waals surface area contributed by atoms with Crippen molar-refractivity contribution in [3.05, 3.63) is 45.4 Å². The number of nitrogens with zero attached hydrogens (tertiary/aromatic N) is 2. The molecule has 1 aliphatic carbocycles. The van der Waals surface area contributed by atoms with E-state index in [1.165, 1.54) is 12.8 Å². The molecule has 1 saturated carbocycles. The molecule has 0 amide bonds. The predicted molar refractivity (Wildman–Crippen MR) is 78.8 cm³/mol. The minimum absolute atomic E-state index is 0.713. The SMILES string of the molecule is Brc1cccc(Br)c1-n1cnc(CNC2CC2)c1. The van der Waals surface area contributed by atoms with Gasteiger partial charge in [-0.15, -0.1) is 0 Å². The Labute approximate surface area is 123 Å². The number of benzene rings is 1. The van der Waals surface area contributed by atoms with Crippen LogP contribution in [-0.4, -0.2) is 15.6 Å². The van der Waals surface area contributed by atoms with E-state index in [9.17, 15) is 0 Å². The summed E-state index contributed by atoms with van der Waals surface area (Å²) in [5.74, 6) is 0. The van der Waals surface area contributed by atoms with Gasteiger partial charge in [0.15, 0.2) is 0 Å². The molecule has 0 radical (unpaired) electrons. The molecule has 3 rings (SSSR count). The first-order chi connectivity index (χ1) is 8.74. The molecule has 1 heterocycles. The van der Waals surface area contributed by atoms with E-state index in [0.29, 0.717) is 6.04 Å². The highest BCUT2D eigenvalue weighted by molar-refractivity contribution is 9.11. The quantitative estimate of drug-likeness (QED) is 0.890. The Morgan fingerprint density at radius 1 is 1.28 bits per heavy atom. The summed E-state index contributed by atoms with van der Waals surface area (Å²) >= 11 is 7.14. The molecule has 0 spiro atoms. The normalized spacial score (nSPS) is 15.0. The van der Waals surface area contributed by atoms with Crippen LogP contribution in [0.1, 0.15) is 18.5 Å². The van der Waals surface area contributed by atoms with E-state index in [4.69, 9.17) is 0 Å². The molecule has 18 heavy (non-hydrogen) atoms. The average molecular weight is 371 g/mol. The first-order valence-electron chi connectivity index (χ1n) is 5.94. The van der Waals surface area contributed by atoms with Crippen LogP contribution in [0.3, 0.4) is 0 Å². The Kier molecular flexibility index (Phi) is 3.54. The van der Waals surface area contributed by atoms with Gasteiger partial charge in [0.2, 0.25) is 0 Å². The molecule has 94 valence electrons. The lowest BCUT2D eigenvalue weighted by molar-refractivity contribution is 0.677. The molecule has 0 aliphatic heterocycles. The lowest BCUT2D eigenvalue weighted by Gasteiger charge is -2.07. The van der Waals surface area contributed by atoms with Gasteiger partial charge in [0.05, 0.1) is 17.7 Å². The molecule has 1 aliphatic rings. The lowest BCUT2D eigenvalue weighted by Crippen LogP contribution is -2.15. The number of nitrogens with one attached hydrogen (secondary N) is 1. The van der Waals surface area contributed by atoms with Gasteiger partial charge in [-0.1, -0.05) is 6.07 Å². The third-order valence-electron chi connectivity index (χ3n) is 2.98. The van der Waals surface area contributed by atoms with E-state index < -0.39 is 0 Å². The van der Waals surface area contributed by atoms with Gasteiger partial charge in [-0.25, -0.2) is 4.98 Å². The van der Waals surface area contributed by atoms with Crippen LogP contribution in [0.5, 0.6) is 0 Å². The fourth-order valence-corrected chi connectivity index (χ4v) is 3.26. The van der Waals surface area contributed by atoms with Crippen LogP contribution >= 0.6 is 31.9 Å². The summed E-state index contributed by atoms with van der Waals surface area (Å²) in [6.07, 6.45) is 6.53. The Bertz CT molecular complexity index is 541. The average Bonchev–Trinajstić information content (AvgIpc) is 3.06. The second kappa shape index (κ2) is 5.15. The Hall–Kier alpha value is -0.650. The molecular weight excluding hydrogens is 358 g/mol. The van der Waals surface area contributed by atoms with Crippen molar-refractivity contribution in [3.8, 4) is 5.69 Å². The van der Waals surface area contributed by atoms with Crippen LogP contribution in [0.15, 0.2) is 39.7 Å². The van der Waals surface area contributed by atoms with Crippen molar-refractivity contribution < 1.29 is 0 Å². The van der Waals surface area contributed by atoms with E-state index in [1.807, 2.05) is 29.1 Å². The molecule has 1 N–H and O–H groups in total. The smallest absolute Gasteiger partial charge is 0.0996 e. The fraction of sp³-hybridized carbons (Fsp3) is 0.308.